The van der Waals surface area contributed by atoms with Crippen molar-refractivity contribution in [2.24, 2.45) is 0 Å². The van der Waals surface area contributed by atoms with Gasteiger partial charge in [-0.05, 0) is 6.07 Å². The Morgan fingerprint density at radius 1 is 1.40 bits per heavy atom. The highest BCUT2D eigenvalue weighted by Gasteiger charge is 2.27. The molecule has 0 atom stereocenters. The van der Waals surface area contributed by atoms with Gasteiger partial charge in [-0.3, -0.25) is 14.9 Å². The number of hydrogen-bond donors (Lipinski definition) is 2. The number of halogens is 3. The van der Waals surface area contributed by atoms with E-state index in [1.165, 1.54) is 25.2 Å². The number of nitro benzene ring substituents is 1. The zero-order valence-electron chi connectivity index (χ0n) is 10.5. The highest BCUT2D eigenvalue weighted by Crippen LogP contribution is 2.27. The number of para-hydroxylation sites is 1. The van der Waals surface area contributed by atoms with Crippen molar-refractivity contribution in [1.29, 1.82) is 0 Å². The number of rotatable bonds is 5. The van der Waals surface area contributed by atoms with Gasteiger partial charge in [0.25, 0.3) is 11.6 Å². The molecule has 0 heterocycles. The van der Waals surface area contributed by atoms with Gasteiger partial charge in [0.15, 0.2) is 0 Å². The number of anilines is 1. The molecule has 0 aromatic heterocycles. The van der Waals surface area contributed by atoms with Gasteiger partial charge in [-0.25, -0.2) is 0 Å². The third-order valence-electron chi connectivity index (χ3n) is 2.43. The first-order valence-electron chi connectivity index (χ1n) is 5.56. The lowest BCUT2D eigenvalue weighted by molar-refractivity contribution is -0.384. The standard InChI is InChI=1S/C11H12F3N3O3/c1-15-9-7(3-2-4-8(9)17(19)20)10(18)16-6-5-11(12,13)14/h2-4,15H,5-6H2,1H3,(H,16,18). The minimum absolute atomic E-state index is 0.0398. The molecule has 0 bridgehead atoms. The maximum atomic E-state index is 12.0. The summed E-state index contributed by atoms with van der Waals surface area (Å²) in [5.41, 5.74) is -0.443. The predicted octanol–water partition coefficient (Wildman–Crippen LogP) is 2.32. The Bertz CT molecular complexity index is 517. The molecule has 2 N–H and O–H groups in total. The molecule has 0 aliphatic rings. The Morgan fingerprint density at radius 2 is 2.05 bits per heavy atom. The number of nitro groups is 1. The summed E-state index contributed by atoms with van der Waals surface area (Å²) in [6, 6.07) is 3.78. The van der Waals surface area contributed by atoms with E-state index in [2.05, 4.69) is 10.6 Å². The van der Waals surface area contributed by atoms with Crippen LogP contribution in [0.4, 0.5) is 24.5 Å². The Labute approximate surface area is 112 Å². The van der Waals surface area contributed by atoms with Crippen LogP contribution in [0.5, 0.6) is 0 Å². The average molecular weight is 291 g/mol. The van der Waals surface area contributed by atoms with E-state index in [-0.39, 0.29) is 16.9 Å². The first-order valence-corrected chi connectivity index (χ1v) is 5.56. The topological polar surface area (TPSA) is 84.3 Å². The van der Waals surface area contributed by atoms with Gasteiger partial charge in [-0.2, -0.15) is 13.2 Å². The fraction of sp³-hybridized carbons (Fsp3) is 0.364. The zero-order chi connectivity index (χ0) is 15.3. The van der Waals surface area contributed by atoms with Crippen molar-refractivity contribution >= 4 is 17.3 Å². The normalized spacial score (nSPS) is 11.0. The molecule has 110 valence electrons. The van der Waals surface area contributed by atoms with Crippen molar-refractivity contribution in [3.05, 3.63) is 33.9 Å². The van der Waals surface area contributed by atoms with Crippen LogP contribution in [0.3, 0.4) is 0 Å². The van der Waals surface area contributed by atoms with Crippen molar-refractivity contribution in [2.75, 3.05) is 18.9 Å². The van der Waals surface area contributed by atoms with Crippen LogP contribution in [-0.2, 0) is 0 Å². The maximum Gasteiger partial charge on any atom is 0.390 e. The number of amides is 1. The highest BCUT2D eigenvalue weighted by molar-refractivity contribution is 6.01. The summed E-state index contributed by atoms with van der Waals surface area (Å²) < 4.78 is 35.9. The number of nitrogens with zero attached hydrogens (tertiary/aromatic N) is 1. The largest absolute Gasteiger partial charge is 0.390 e. The van der Waals surface area contributed by atoms with Gasteiger partial charge in [0.2, 0.25) is 0 Å². The highest BCUT2D eigenvalue weighted by atomic mass is 19.4. The van der Waals surface area contributed by atoms with Crippen LogP contribution in [0.1, 0.15) is 16.8 Å². The monoisotopic (exact) mass is 291 g/mol. The molecule has 6 nitrogen and oxygen atoms in total. The molecule has 0 saturated heterocycles. The molecule has 1 aromatic rings. The minimum atomic E-state index is -4.37. The fourth-order valence-corrected chi connectivity index (χ4v) is 1.56. The van der Waals surface area contributed by atoms with Crippen LogP contribution >= 0.6 is 0 Å². The SMILES string of the molecule is CNc1c(C(=O)NCCC(F)(F)F)cccc1[N+](=O)[O-]. The van der Waals surface area contributed by atoms with Gasteiger partial charge in [0.05, 0.1) is 16.9 Å². The Balaban J connectivity index is 2.88. The number of carbonyl (C=O) groups excluding carboxylic acids is 1. The molecule has 0 saturated carbocycles. The van der Waals surface area contributed by atoms with Gasteiger partial charge in [0.1, 0.15) is 5.69 Å². The molecule has 0 unspecified atom stereocenters. The molecular formula is C11H12F3N3O3. The van der Waals surface area contributed by atoms with Gasteiger partial charge < -0.3 is 10.6 Å². The van der Waals surface area contributed by atoms with Crippen LogP contribution in [-0.4, -0.2) is 30.6 Å². The molecule has 1 amide bonds. The van der Waals surface area contributed by atoms with Crippen LogP contribution in [0, 0.1) is 10.1 Å². The lowest BCUT2D eigenvalue weighted by atomic mass is 10.1. The summed E-state index contributed by atoms with van der Waals surface area (Å²) in [7, 11) is 1.38. The van der Waals surface area contributed by atoms with E-state index in [9.17, 15) is 28.1 Å². The van der Waals surface area contributed by atoms with Gasteiger partial charge in [-0.1, -0.05) is 6.07 Å². The summed E-state index contributed by atoms with van der Waals surface area (Å²) in [4.78, 5) is 21.8. The van der Waals surface area contributed by atoms with E-state index in [4.69, 9.17) is 0 Å². The quantitative estimate of drug-likeness (QED) is 0.644. The third kappa shape index (κ3) is 4.11. The smallest absolute Gasteiger partial charge is 0.382 e. The van der Waals surface area contributed by atoms with Crippen LogP contribution < -0.4 is 10.6 Å². The second-order valence-electron chi connectivity index (χ2n) is 3.83. The van der Waals surface area contributed by atoms with E-state index in [0.717, 1.165) is 0 Å². The lowest BCUT2D eigenvalue weighted by Gasteiger charge is -2.11. The van der Waals surface area contributed by atoms with Crippen LogP contribution in [0.15, 0.2) is 18.2 Å². The predicted molar refractivity (Wildman–Crippen MR) is 65.6 cm³/mol. The summed E-state index contributed by atoms with van der Waals surface area (Å²) in [6.07, 6.45) is -5.54. The van der Waals surface area contributed by atoms with Crippen molar-refractivity contribution in [2.45, 2.75) is 12.6 Å². The van der Waals surface area contributed by atoms with Crippen molar-refractivity contribution in [3.63, 3.8) is 0 Å². The number of hydrogen-bond acceptors (Lipinski definition) is 4. The molecule has 0 spiro atoms. The maximum absolute atomic E-state index is 12.0. The second-order valence-corrected chi connectivity index (χ2v) is 3.83. The molecule has 0 fully saturated rings. The number of alkyl halides is 3. The molecule has 9 heteroatoms. The zero-order valence-corrected chi connectivity index (χ0v) is 10.5. The van der Waals surface area contributed by atoms with Crippen molar-refractivity contribution in [3.8, 4) is 0 Å². The minimum Gasteiger partial charge on any atom is -0.382 e. The molecule has 1 rings (SSSR count). The lowest BCUT2D eigenvalue weighted by Crippen LogP contribution is -2.28. The van der Waals surface area contributed by atoms with Crippen LogP contribution in [0.2, 0.25) is 0 Å². The molecule has 20 heavy (non-hydrogen) atoms. The fourth-order valence-electron chi connectivity index (χ4n) is 1.56. The van der Waals surface area contributed by atoms with Crippen molar-refractivity contribution in [1.82, 2.24) is 5.32 Å². The molecular weight excluding hydrogens is 279 g/mol. The summed E-state index contributed by atoms with van der Waals surface area (Å²) >= 11 is 0. The van der Waals surface area contributed by atoms with Crippen LogP contribution in [0.25, 0.3) is 0 Å². The Hall–Kier alpha value is -2.32. The third-order valence-corrected chi connectivity index (χ3v) is 2.43. The molecule has 0 radical (unpaired) electrons. The Kier molecular flexibility index (Phi) is 4.89. The van der Waals surface area contributed by atoms with Gasteiger partial charge in [-0.15, -0.1) is 0 Å². The van der Waals surface area contributed by atoms with E-state index in [1.807, 2.05) is 0 Å². The van der Waals surface area contributed by atoms with Crippen molar-refractivity contribution < 1.29 is 22.9 Å². The molecule has 1 aromatic carbocycles. The second kappa shape index (κ2) is 6.22. The number of nitrogens with one attached hydrogen (secondary N) is 2. The average Bonchev–Trinajstić information content (AvgIpc) is 2.35. The summed E-state index contributed by atoms with van der Waals surface area (Å²) in [5.74, 6) is -0.803. The van der Waals surface area contributed by atoms with E-state index in [0.29, 0.717) is 0 Å². The molecule has 0 aliphatic heterocycles. The molecule has 0 aliphatic carbocycles. The number of carbonyl (C=O) groups is 1. The van der Waals surface area contributed by atoms with E-state index >= 15 is 0 Å². The number of benzene rings is 1. The van der Waals surface area contributed by atoms with Gasteiger partial charge in [0, 0.05) is 19.7 Å². The Morgan fingerprint density at radius 3 is 2.55 bits per heavy atom. The summed E-state index contributed by atoms with van der Waals surface area (Å²) in [5, 5.41) is 15.4. The summed E-state index contributed by atoms with van der Waals surface area (Å²) in [6.45, 7) is -0.589. The first-order chi connectivity index (χ1) is 9.26. The first kappa shape index (κ1) is 15.7. The van der Waals surface area contributed by atoms with E-state index < -0.39 is 30.0 Å². The van der Waals surface area contributed by atoms with E-state index in [1.54, 1.807) is 0 Å². The van der Waals surface area contributed by atoms with Gasteiger partial charge >= 0.3 is 6.18 Å².